The molecule has 0 bridgehead atoms. The summed E-state index contributed by atoms with van der Waals surface area (Å²) in [5, 5.41) is 3.65. The molecule has 0 amide bonds. The molecule has 1 heterocycles. The molecule has 0 aromatic carbocycles. The van der Waals surface area contributed by atoms with Crippen LogP contribution in [0.25, 0.3) is 0 Å². The number of thioether (sulfide) groups is 1. The lowest BCUT2D eigenvalue weighted by Crippen LogP contribution is -2.33. The Kier molecular flexibility index (Phi) is 8.28. The molecule has 0 aliphatic carbocycles. The van der Waals surface area contributed by atoms with Crippen molar-refractivity contribution in [1.82, 2.24) is 10.2 Å². The van der Waals surface area contributed by atoms with Crippen LogP contribution in [0.1, 0.15) is 47.5 Å². The maximum Gasteiger partial charge on any atom is 0.0496 e. The molecule has 1 rings (SSSR count). The second-order valence-corrected chi connectivity index (χ2v) is 8.21. The van der Waals surface area contributed by atoms with E-state index in [2.05, 4.69) is 44.8 Å². The van der Waals surface area contributed by atoms with Crippen LogP contribution in [0.4, 0.5) is 0 Å². The summed E-state index contributed by atoms with van der Waals surface area (Å²) in [6.07, 6.45) is 2.42. The molecular formula is C17H32N2S2. The van der Waals surface area contributed by atoms with Gasteiger partial charge in [-0.3, -0.25) is 0 Å². The van der Waals surface area contributed by atoms with Gasteiger partial charge in [-0.1, -0.05) is 46.8 Å². The van der Waals surface area contributed by atoms with Gasteiger partial charge in [0.25, 0.3) is 0 Å². The number of nitrogens with zero attached hydrogens (tertiary/aromatic N) is 1. The number of thiocarbonyl (C=S) groups is 1. The molecular weight excluding hydrogens is 296 g/mol. The molecule has 0 radical (unpaired) electrons. The van der Waals surface area contributed by atoms with Crippen LogP contribution in [0.2, 0.25) is 0 Å². The van der Waals surface area contributed by atoms with Crippen molar-refractivity contribution in [3.05, 3.63) is 11.3 Å². The molecule has 0 unspecified atom stereocenters. The number of hydrogen-bond donors (Lipinski definition) is 1. The molecule has 0 spiro atoms. The molecule has 1 N–H and O–H groups in total. The van der Waals surface area contributed by atoms with Gasteiger partial charge in [-0.2, -0.15) is 11.8 Å². The van der Waals surface area contributed by atoms with E-state index in [1.807, 2.05) is 11.8 Å². The molecule has 0 aromatic rings. The fraction of sp³-hybridized carbons (Fsp3) is 0.824. The van der Waals surface area contributed by atoms with Crippen LogP contribution in [-0.2, 0) is 0 Å². The van der Waals surface area contributed by atoms with Gasteiger partial charge in [0, 0.05) is 28.6 Å². The topological polar surface area (TPSA) is 15.3 Å². The zero-order valence-electron chi connectivity index (χ0n) is 14.4. The van der Waals surface area contributed by atoms with E-state index in [1.165, 1.54) is 37.2 Å². The molecule has 122 valence electrons. The van der Waals surface area contributed by atoms with Gasteiger partial charge < -0.3 is 10.2 Å². The summed E-state index contributed by atoms with van der Waals surface area (Å²) in [7, 11) is 0. The summed E-state index contributed by atoms with van der Waals surface area (Å²) >= 11 is 7.54. The van der Waals surface area contributed by atoms with E-state index < -0.39 is 0 Å². The van der Waals surface area contributed by atoms with Crippen LogP contribution in [0.5, 0.6) is 0 Å². The molecule has 0 aromatic heterocycles. The van der Waals surface area contributed by atoms with Crippen molar-refractivity contribution in [2.75, 3.05) is 37.7 Å². The average molecular weight is 329 g/mol. The van der Waals surface area contributed by atoms with Crippen molar-refractivity contribution in [3.63, 3.8) is 0 Å². The third-order valence-corrected chi connectivity index (χ3v) is 5.42. The van der Waals surface area contributed by atoms with Gasteiger partial charge in [0.1, 0.15) is 0 Å². The van der Waals surface area contributed by atoms with Gasteiger partial charge in [-0.15, -0.1) is 0 Å². The SMILES string of the molecule is CCCN(CC)CCCNC1=C(C(C)(C)C)CSCC1=S. The maximum absolute atomic E-state index is 5.59. The van der Waals surface area contributed by atoms with Crippen LogP contribution >= 0.6 is 24.0 Å². The highest BCUT2D eigenvalue weighted by molar-refractivity contribution is 8.01. The maximum atomic E-state index is 5.59. The summed E-state index contributed by atoms with van der Waals surface area (Å²) in [6, 6.07) is 0. The zero-order valence-corrected chi connectivity index (χ0v) is 16.1. The summed E-state index contributed by atoms with van der Waals surface area (Å²) in [5.74, 6) is 2.11. The quantitative estimate of drug-likeness (QED) is 0.532. The third kappa shape index (κ3) is 6.29. The van der Waals surface area contributed by atoms with Crippen LogP contribution in [-0.4, -0.2) is 47.4 Å². The number of hydrogen-bond acceptors (Lipinski definition) is 4. The first-order valence-corrected chi connectivity index (χ1v) is 9.77. The summed E-state index contributed by atoms with van der Waals surface area (Å²) in [4.78, 5) is 3.63. The average Bonchev–Trinajstić information content (AvgIpc) is 2.42. The van der Waals surface area contributed by atoms with E-state index in [-0.39, 0.29) is 5.41 Å². The van der Waals surface area contributed by atoms with Gasteiger partial charge in [-0.25, -0.2) is 0 Å². The summed E-state index contributed by atoms with van der Waals surface area (Å²) in [6.45, 7) is 15.9. The van der Waals surface area contributed by atoms with Crippen LogP contribution < -0.4 is 5.32 Å². The van der Waals surface area contributed by atoms with Crippen LogP contribution in [0.3, 0.4) is 0 Å². The van der Waals surface area contributed by atoms with E-state index in [4.69, 9.17) is 12.2 Å². The number of nitrogens with one attached hydrogen (secondary N) is 1. The lowest BCUT2D eigenvalue weighted by atomic mass is 9.85. The Labute approximate surface area is 141 Å². The first-order chi connectivity index (χ1) is 9.90. The zero-order chi connectivity index (χ0) is 15.9. The van der Waals surface area contributed by atoms with E-state index in [0.29, 0.717) is 0 Å². The molecule has 4 heteroatoms. The Bertz CT molecular complexity index is 369. The van der Waals surface area contributed by atoms with Gasteiger partial charge in [0.05, 0.1) is 0 Å². The van der Waals surface area contributed by atoms with E-state index >= 15 is 0 Å². The van der Waals surface area contributed by atoms with Gasteiger partial charge in [-0.05, 0) is 43.5 Å². The fourth-order valence-electron chi connectivity index (χ4n) is 2.62. The van der Waals surface area contributed by atoms with Crippen molar-refractivity contribution in [1.29, 1.82) is 0 Å². The Hall–Kier alpha value is -0.0600. The van der Waals surface area contributed by atoms with Gasteiger partial charge in [0.15, 0.2) is 0 Å². The first-order valence-electron chi connectivity index (χ1n) is 8.21. The normalized spacial score (nSPS) is 16.8. The van der Waals surface area contributed by atoms with Crippen LogP contribution in [0, 0.1) is 5.41 Å². The van der Waals surface area contributed by atoms with Crippen molar-refractivity contribution in [3.8, 4) is 0 Å². The molecule has 0 saturated heterocycles. The molecule has 2 nitrogen and oxygen atoms in total. The monoisotopic (exact) mass is 328 g/mol. The minimum atomic E-state index is 0.206. The van der Waals surface area contributed by atoms with Crippen molar-refractivity contribution < 1.29 is 0 Å². The highest BCUT2D eigenvalue weighted by Crippen LogP contribution is 2.34. The molecule has 0 atom stereocenters. The minimum absolute atomic E-state index is 0.206. The third-order valence-electron chi connectivity index (χ3n) is 3.91. The smallest absolute Gasteiger partial charge is 0.0496 e. The Morgan fingerprint density at radius 1 is 1.19 bits per heavy atom. The second kappa shape index (κ2) is 9.16. The largest absolute Gasteiger partial charge is 0.384 e. The van der Waals surface area contributed by atoms with Gasteiger partial charge >= 0.3 is 0 Å². The van der Waals surface area contributed by atoms with Crippen LogP contribution in [0.15, 0.2) is 11.3 Å². The van der Waals surface area contributed by atoms with E-state index in [1.54, 1.807) is 0 Å². The molecule has 1 aliphatic rings. The van der Waals surface area contributed by atoms with Crippen molar-refractivity contribution in [2.45, 2.75) is 47.5 Å². The molecule has 0 fully saturated rings. The van der Waals surface area contributed by atoms with E-state index in [9.17, 15) is 0 Å². The highest BCUT2D eigenvalue weighted by atomic mass is 32.2. The lowest BCUT2D eigenvalue weighted by Gasteiger charge is -2.31. The van der Waals surface area contributed by atoms with Crippen molar-refractivity contribution >= 4 is 28.8 Å². The highest BCUT2D eigenvalue weighted by Gasteiger charge is 2.26. The predicted octanol–water partition coefficient (Wildman–Crippen LogP) is 4.11. The standard InChI is InChI=1S/C17H32N2S2/c1-6-10-19(7-2)11-8-9-18-16-14(17(3,4)5)12-21-13-15(16)20/h18H,6-13H2,1-5H3. The van der Waals surface area contributed by atoms with E-state index in [0.717, 1.165) is 29.5 Å². The Balaban J connectivity index is 2.54. The Morgan fingerprint density at radius 2 is 1.90 bits per heavy atom. The fourth-order valence-corrected chi connectivity index (χ4v) is 4.27. The second-order valence-electron chi connectivity index (χ2n) is 6.73. The molecule has 0 saturated carbocycles. The number of allylic oxidation sites excluding steroid dienone is 1. The predicted molar refractivity (Wildman–Crippen MR) is 101 cm³/mol. The first kappa shape index (κ1) is 19.0. The van der Waals surface area contributed by atoms with Gasteiger partial charge in [0.2, 0.25) is 0 Å². The molecule has 1 aliphatic heterocycles. The Morgan fingerprint density at radius 3 is 2.48 bits per heavy atom. The minimum Gasteiger partial charge on any atom is -0.384 e. The molecule has 21 heavy (non-hydrogen) atoms. The summed E-state index contributed by atoms with van der Waals surface area (Å²) in [5.41, 5.74) is 2.97. The summed E-state index contributed by atoms with van der Waals surface area (Å²) < 4.78 is 0. The number of rotatable bonds is 8. The van der Waals surface area contributed by atoms with Crippen molar-refractivity contribution in [2.24, 2.45) is 5.41 Å². The lowest BCUT2D eigenvalue weighted by molar-refractivity contribution is 0.285.